The van der Waals surface area contributed by atoms with Crippen molar-refractivity contribution in [3.63, 3.8) is 0 Å². The Morgan fingerprint density at radius 2 is 1.84 bits per heavy atom. The average Bonchev–Trinajstić information content (AvgIpc) is 3.31. The van der Waals surface area contributed by atoms with E-state index in [1.54, 1.807) is 6.92 Å². The van der Waals surface area contributed by atoms with E-state index in [1.807, 2.05) is 80.1 Å². The number of nitrogens with one attached hydrogen (secondary N) is 1. The van der Waals surface area contributed by atoms with Crippen molar-refractivity contribution < 1.29 is 14.1 Å². The van der Waals surface area contributed by atoms with Crippen LogP contribution >= 0.6 is 0 Å². The fraction of sp³-hybridized carbons (Fsp3) is 0.240. The van der Waals surface area contributed by atoms with E-state index in [2.05, 4.69) is 15.6 Å². The zero-order valence-corrected chi connectivity index (χ0v) is 18.7. The number of benzene rings is 2. The zero-order chi connectivity index (χ0) is 22.7. The summed E-state index contributed by atoms with van der Waals surface area (Å²) >= 11 is 0. The Morgan fingerprint density at radius 3 is 2.62 bits per heavy atom. The normalized spacial score (nSPS) is 10.9. The highest BCUT2D eigenvalue weighted by Crippen LogP contribution is 2.23. The van der Waals surface area contributed by atoms with E-state index in [0.717, 1.165) is 28.1 Å². The molecule has 4 rings (SSSR count). The summed E-state index contributed by atoms with van der Waals surface area (Å²) in [6, 6.07) is 17.9. The molecule has 2 aromatic heterocycles. The van der Waals surface area contributed by atoms with Gasteiger partial charge in [0.25, 0.3) is 5.91 Å². The molecule has 7 heteroatoms. The summed E-state index contributed by atoms with van der Waals surface area (Å²) in [5.41, 5.74) is 5.02. The van der Waals surface area contributed by atoms with E-state index in [-0.39, 0.29) is 18.2 Å². The van der Waals surface area contributed by atoms with Crippen LogP contribution in [0.3, 0.4) is 0 Å². The molecule has 0 bridgehead atoms. The third-order valence-electron chi connectivity index (χ3n) is 5.31. The smallest absolute Gasteiger partial charge is 0.279 e. The van der Waals surface area contributed by atoms with Crippen molar-refractivity contribution in [3.8, 4) is 5.75 Å². The van der Waals surface area contributed by atoms with Crippen LogP contribution in [-0.4, -0.2) is 20.8 Å². The molecule has 0 unspecified atom stereocenters. The summed E-state index contributed by atoms with van der Waals surface area (Å²) in [4.78, 5) is 12.9. The molecule has 0 spiro atoms. The Morgan fingerprint density at radius 1 is 1.06 bits per heavy atom. The number of hydrogen-bond acceptors (Lipinski definition) is 5. The van der Waals surface area contributed by atoms with E-state index in [9.17, 15) is 4.79 Å². The van der Waals surface area contributed by atoms with E-state index in [0.29, 0.717) is 23.7 Å². The van der Waals surface area contributed by atoms with Crippen molar-refractivity contribution in [1.82, 2.24) is 14.9 Å². The van der Waals surface area contributed by atoms with Gasteiger partial charge in [-0.3, -0.25) is 9.48 Å². The van der Waals surface area contributed by atoms with E-state index >= 15 is 0 Å². The maximum absolute atomic E-state index is 12.9. The molecule has 1 amide bonds. The largest absolute Gasteiger partial charge is 0.488 e. The fourth-order valence-electron chi connectivity index (χ4n) is 3.42. The summed E-state index contributed by atoms with van der Waals surface area (Å²) in [6.45, 7) is 8.52. The summed E-state index contributed by atoms with van der Waals surface area (Å²) in [6.07, 6.45) is 0. The summed E-state index contributed by atoms with van der Waals surface area (Å²) in [5.74, 6) is 1.40. The zero-order valence-electron chi connectivity index (χ0n) is 18.7. The van der Waals surface area contributed by atoms with Gasteiger partial charge >= 0.3 is 0 Å². The van der Waals surface area contributed by atoms with Crippen LogP contribution in [0.25, 0.3) is 0 Å². The van der Waals surface area contributed by atoms with Crippen molar-refractivity contribution in [1.29, 1.82) is 0 Å². The van der Waals surface area contributed by atoms with Gasteiger partial charge in [0.15, 0.2) is 11.5 Å². The fourth-order valence-corrected chi connectivity index (χ4v) is 3.42. The molecule has 0 aliphatic rings. The monoisotopic (exact) mass is 430 g/mol. The van der Waals surface area contributed by atoms with Gasteiger partial charge < -0.3 is 14.6 Å². The topological polar surface area (TPSA) is 82.2 Å². The lowest BCUT2D eigenvalue weighted by Gasteiger charge is -2.10. The summed E-state index contributed by atoms with van der Waals surface area (Å²) in [5, 5.41) is 11.3. The molecule has 0 saturated carbocycles. The number of aromatic nitrogens is 3. The number of aryl methyl sites for hydroxylation is 4. The molecule has 164 valence electrons. The third kappa shape index (κ3) is 4.72. The van der Waals surface area contributed by atoms with Crippen LogP contribution in [0.5, 0.6) is 5.75 Å². The molecule has 0 saturated heterocycles. The Labute approximate surface area is 187 Å². The summed E-state index contributed by atoms with van der Waals surface area (Å²) < 4.78 is 13.1. The standard InChI is InChI=1S/C25H26N4O3/c1-16-10-11-17(2)22(12-16)31-15-21-19(4)32-28-24(21)25(30)26-23-13-18(3)29(27-23)14-20-8-6-5-7-9-20/h5-13H,14-15H2,1-4H3,(H,26,27,30). The second-order valence-corrected chi connectivity index (χ2v) is 7.89. The number of amides is 1. The van der Waals surface area contributed by atoms with Crippen molar-refractivity contribution in [2.24, 2.45) is 0 Å². The Hall–Kier alpha value is -3.87. The highest BCUT2D eigenvalue weighted by molar-refractivity contribution is 6.03. The molecule has 32 heavy (non-hydrogen) atoms. The first-order valence-corrected chi connectivity index (χ1v) is 10.5. The van der Waals surface area contributed by atoms with Crippen molar-refractivity contribution in [2.75, 3.05) is 5.32 Å². The molecule has 0 aliphatic carbocycles. The van der Waals surface area contributed by atoms with E-state index in [1.165, 1.54) is 0 Å². The van der Waals surface area contributed by atoms with Gasteiger partial charge in [-0.05, 0) is 50.5 Å². The van der Waals surface area contributed by atoms with Gasteiger partial charge in [-0.25, -0.2) is 0 Å². The van der Waals surface area contributed by atoms with Gasteiger partial charge in [-0.15, -0.1) is 0 Å². The first kappa shape index (κ1) is 21.4. The number of rotatable bonds is 7. The highest BCUT2D eigenvalue weighted by atomic mass is 16.5. The maximum Gasteiger partial charge on any atom is 0.279 e. The predicted octanol–water partition coefficient (Wildman–Crippen LogP) is 4.98. The van der Waals surface area contributed by atoms with Gasteiger partial charge in [-0.1, -0.05) is 47.6 Å². The number of carbonyl (C=O) groups excluding carboxylic acids is 1. The molecule has 1 N–H and O–H groups in total. The second-order valence-electron chi connectivity index (χ2n) is 7.89. The first-order chi connectivity index (χ1) is 15.4. The average molecular weight is 431 g/mol. The minimum Gasteiger partial charge on any atom is -0.488 e. The van der Waals surface area contributed by atoms with Crippen LogP contribution in [0.2, 0.25) is 0 Å². The molecule has 0 fully saturated rings. The molecule has 2 heterocycles. The van der Waals surface area contributed by atoms with Gasteiger partial charge in [-0.2, -0.15) is 5.10 Å². The molecule has 0 radical (unpaired) electrons. The quantitative estimate of drug-likeness (QED) is 0.447. The first-order valence-electron chi connectivity index (χ1n) is 10.5. The molecular weight excluding hydrogens is 404 g/mol. The SMILES string of the molecule is Cc1ccc(C)c(OCc2c(C(=O)Nc3cc(C)n(Cc4ccccc4)n3)noc2C)c1. The van der Waals surface area contributed by atoms with Crippen LogP contribution < -0.4 is 10.1 Å². The molecule has 0 atom stereocenters. The lowest BCUT2D eigenvalue weighted by atomic mass is 10.1. The molecule has 4 aromatic rings. The molecule has 2 aromatic carbocycles. The lowest BCUT2D eigenvalue weighted by molar-refractivity contribution is 0.101. The molecule has 7 nitrogen and oxygen atoms in total. The number of hydrogen-bond donors (Lipinski definition) is 1. The molecular formula is C25H26N4O3. The van der Waals surface area contributed by atoms with Crippen molar-refractivity contribution in [3.05, 3.63) is 94.0 Å². The minimum absolute atomic E-state index is 0.184. The Kier molecular flexibility index (Phi) is 6.07. The van der Waals surface area contributed by atoms with Crippen molar-refractivity contribution in [2.45, 2.75) is 40.8 Å². The Bertz CT molecular complexity index is 1240. The van der Waals surface area contributed by atoms with Gasteiger partial charge in [0.1, 0.15) is 18.1 Å². The second kappa shape index (κ2) is 9.09. The summed E-state index contributed by atoms with van der Waals surface area (Å²) in [7, 11) is 0. The molecule has 0 aliphatic heterocycles. The number of carbonyl (C=O) groups is 1. The predicted molar refractivity (Wildman–Crippen MR) is 122 cm³/mol. The van der Waals surface area contributed by atoms with E-state index < -0.39 is 0 Å². The van der Waals surface area contributed by atoms with Gasteiger partial charge in [0.05, 0.1) is 12.1 Å². The Balaban J connectivity index is 1.47. The van der Waals surface area contributed by atoms with Crippen LogP contribution in [0.1, 0.15) is 44.2 Å². The number of ether oxygens (including phenoxy) is 1. The highest BCUT2D eigenvalue weighted by Gasteiger charge is 2.22. The van der Waals surface area contributed by atoms with E-state index in [4.69, 9.17) is 9.26 Å². The van der Waals surface area contributed by atoms with Crippen LogP contribution in [0, 0.1) is 27.7 Å². The third-order valence-corrected chi connectivity index (χ3v) is 5.31. The minimum atomic E-state index is -0.384. The van der Waals surface area contributed by atoms with Gasteiger partial charge in [0, 0.05) is 11.8 Å². The van der Waals surface area contributed by atoms with Crippen LogP contribution in [-0.2, 0) is 13.2 Å². The van der Waals surface area contributed by atoms with Crippen LogP contribution in [0.4, 0.5) is 5.82 Å². The number of nitrogens with zero attached hydrogens (tertiary/aromatic N) is 3. The lowest BCUT2D eigenvalue weighted by Crippen LogP contribution is -2.16. The number of anilines is 1. The van der Waals surface area contributed by atoms with Crippen LogP contribution in [0.15, 0.2) is 59.1 Å². The van der Waals surface area contributed by atoms with Gasteiger partial charge in [0.2, 0.25) is 0 Å². The maximum atomic E-state index is 12.9. The van der Waals surface area contributed by atoms with Crippen molar-refractivity contribution >= 4 is 11.7 Å².